The topological polar surface area (TPSA) is 122 Å². The number of benzene rings is 1. The first-order valence-corrected chi connectivity index (χ1v) is 8.51. The minimum absolute atomic E-state index is 0.157. The average molecular weight is 346 g/mol. The van der Waals surface area contributed by atoms with E-state index >= 15 is 0 Å². The Labute approximate surface area is 131 Å². The van der Waals surface area contributed by atoms with Gasteiger partial charge in [0.15, 0.2) is 6.10 Å². The molecule has 0 unspecified atom stereocenters. The lowest BCUT2D eigenvalue weighted by molar-refractivity contribution is -0.150. The Bertz CT molecular complexity index is 736. The van der Waals surface area contributed by atoms with Crippen LogP contribution in [-0.2, 0) is 24.3 Å². The van der Waals surface area contributed by atoms with Crippen LogP contribution >= 0.6 is 0 Å². The molecule has 3 N–H and O–H groups in total. The fourth-order valence-electron chi connectivity index (χ4n) is 2.12. The third-order valence-electron chi connectivity index (χ3n) is 3.12. The molecule has 1 aromatic carbocycles. The normalized spacial score (nSPS) is 21.0. The first-order chi connectivity index (χ1) is 10.7. The molecule has 0 radical (unpaired) electrons. The van der Waals surface area contributed by atoms with Gasteiger partial charge in [0.05, 0.1) is 11.9 Å². The van der Waals surface area contributed by atoms with E-state index in [1.54, 1.807) is 0 Å². The summed E-state index contributed by atoms with van der Waals surface area (Å²) in [5.41, 5.74) is -0.147. The number of sulfonamides is 1. The SMILES string of the molecule is CS(=O)(=O)Nc1cc(NC(=O)[C@@H]2CC[C@H](C(=O)O)O2)ccc1F. The van der Waals surface area contributed by atoms with Gasteiger partial charge in [0.25, 0.3) is 5.91 Å². The molecule has 0 aromatic heterocycles. The van der Waals surface area contributed by atoms with Crippen molar-refractivity contribution in [2.45, 2.75) is 25.0 Å². The zero-order valence-corrected chi connectivity index (χ0v) is 12.9. The van der Waals surface area contributed by atoms with Gasteiger partial charge in [-0.2, -0.15) is 0 Å². The van der Waals surface area contributed by atoms with Gasteiger partial charge in [0.1, 0.15) is 11.9 Å². The second-order valence-corrected chi connectivity index (χ2v) is 6.84. The molecule has 1 aliphatic heterocycles. The lowest BCUT2D eigenvalue weighted by Gasteiger charge is -2.13. The second-order valence-electron chi connectivity index (χ2n) is 5.09. The van der Waals surface area contributed by atoms with Gasteiger partial charge < -0.3 is 15.2 Å². The third-order valence-corrected chi connectivity index (χ3v) is 3.71. The highest BCUT2D eigenvalue weighted by Gasteiger charge is 2.34. The van der Waals surface area contributed by atoms with Gasteiger partial charge in [-0.15, -0.1) is 0 Å². The van der Waals surface area contributed by atoms with Crippen molar-refractivity contribution in [2.24, 2.45) is 0 Å². The number of nitrogens with one attached hydrogen (secondary N) is 2. The number of carboxylic acid groups (broad SMARTS) is 1. The zero-order valence-electron chi connectivity index (χ0n) is 12.1. The monoisotopic (exact) mass is 346 g/mol. The van der Waals surface area contributed by atoms with Crippen LogP contribution in [0, 0.1) is 5.82 Å². The van der Waals surface area contributed by atoms with Crippen molar-refractivity contribution in [3.05, 3.63) is 24.0 Å². The van der Waals surface area contributed by atoms with Crippen molar-refractivity contribution >= 4 is 33.3 Å². The predicted molar refractivity (Wildman–Crippen MR) is 79.0 cm³/mol. The maximum atomic E-state index is 13.5. The van der Waals surface area contributed by atoms with Crippen molar-refractivity contribution in [2.75, 3.05) is 16.3 Å². The standard InChI is InChI=1S/C13H15FN2O6S/c1-23(20,21)16-9-6-7(2-3-8(9)14)15-12(17)10-4-5-11(22-10)13(18)19/h2-3,6,10-11,16H,4-5H2,1H3,(H,15,17)(H,18,19)/t10-,11+/m0/s1. The molecule has 1 fully saturated rings. The molecule has 10 heteroatoms. The largest absolute Gasteiger partial charge is 0.479 e. The van der Waals surface area contributed by atoms with E-state index in [0.29, 0.717) is 0 Å². The Morgan fingerprint density at radius 1 is 1.30 bits per heavy atom. The molecule has 23 heavy (non-hydrogen) atoms. The molecule has 0 aliphatic carbocycles. The Morgan fingerprint density at radius 2 is 1.96 bits per heavy atom. The molecule has 2 atom stereocenters. The second kappa shape index (κ2) is 6.50. The molecule has 0 spiro atoms. The minimum Gasteiger partial charge on any atom is -0.479 e. The Balaban J connectivity index is 2.07. The van der Waals surface area contributed by atoms with E-state index in [1.807, 2.05) is 4.72 Å². The van der Waals surface area contributed by atoms with Crippen LogP contribution in [0.15, 0.2) is 18.2 Å². The number of amides is 1. The summed E-state index contributed by atoms with van der Waals surface area (Å²) in [5.74, 6) is -2.51. The van der Waals surface area contributed by atoms with E-state index in [1.165, 1.54) is 6.07 Å². The maximum absolute atomic E-state index is 13.5. The third kappa shape index (κ3) is 4.63. The van der Waals surface area contributed by atoms with Crippen LogP contribution in [0.4, 0.5) is 15.8 Å². The summed E-state index contributed by atoms with van der Waals surface area (Å²) in [7, 11) is -3.67. The number of ether oxygens (including phenoxy) is 1. The number of carbonyl (C=O) groups excluding carboxylic acids is 1. The van der Waals surface area contributed by atoms with E-state index in [9.17, 15) is 22.4 Å². The molecule has 1 saturated heterocycles. The number of hydrogen-bond donors (Lipinski definition) is 3. The number of hydrogen-bond acceptors (Lipinski definition) is 5. The van der Waals surface area contributed by atoms with Gasteiger partial charge in [0, 0.05) is 5.69 Å². The van der Waals surface area contributed by atoms with E-state index in [-0.39, 0.29) is 24.2 Å². The number of anilines is 2. The minimum atomic E-state index is -3.67. The molecule has 1 amide bonds. The summed E-state index contributed by atoms with van der Waals surface area (Å²) in [6, 6.07) is 3.38. The number of halogens is 1. The summed E-state index contributed by atoms with van der Waals surface area (Å²) in [6.07, 6.45) is -0.611. The van der Waals surface area contributed by atoms with Crippen molar-refractivity contribution in [1.29, 1.82) is 0 Å². The van der Waals surface area contributed by atoms with Gasteiger partial charge in [-0.05, 0) is 31.0 Å². The first kappa shape index (κ1) is 17.2. The molecule has 2 rings (SSSR count). The lowest BCUT2D eigenvalue weighted by atomic mass is 10.2. The van der Waals surface area contributed by atoms with Gasteiger partial charge in [0.2, 0.25) is 10.0 Å². The fraction of sp³-hybridized carbons (Fsp3) is 0.385. The molecule has 126 valence electrons. The Hall–Kier alpha value is -2.20. The van der Waals surface area contributed by atoms with E-state index in [0.717, 1.165) is 18.4 Å². The molecular weight excluding hydrogens is 331 g/mol. The van der Waals surface area contributed by atoms with Crippen molar-refractivity contribution in [3.63, 3.8) is 0 Å². The highest BCUT2D eigenvalue weighted by Crippen LogP contribution is 2.24. The van der Waals surface area contributed by atoms with Crippen LogP contribution in [0.3, 0.4) is 0 Å². The fourth-order valence-corrected chi connectivity index (χ4v) is 2.67. The summed E-state index contributed by atoms with van der Waals surface area (Å²) >= 11 is 0. The van der Waals surface area contributed by atoms with Crippen molar-refractivity contribution < 1.29 is 32.2 Å². The summed E-state index contributed by atoms with van der Waals surface area (Å²) < 4.78 is 42.9. The summed E-state index contributed by atoms with van der Waals surface area (Å²) in [5, 5.41) is 11.3. The maximum Gasteiger partial charge on any atom is 0.332 e. The molecule has 1 aromatic rings. The number of rotatable bonds is 5. The summed E-state index contributed by atoms with van der Waals surface area (Å²) in [4.78, 5) is 22.8. The molecule has 8 nitrogen and oxygen atoms in total. The lowest BCUT2D eigenvalue weighted by Crippen LogP contribution is -2.30. The van der Waals surface area contributed by atoms with Crippen LogP contribution in [0.25, 0.3) is 0 Å². The Kier molecular flexibility index (Phi) is 4.85. The van der Waals surface area contributed by atoms with E-state index < -0.39 is 39.9 Å². The van der Waals surface area contributed by atoms with Gasteiger partial charge in [-0.3, -0.25) is 9.52 Å². The molecule has 0 saturated carbocycles. The number of carbonyl (C=O) groups is 2. The average Bonchev–Trinajstić information content (AvgIpc) is 2.91. The van der Waals surface area contributed by atoms with E-state index in [2.05, 4.69) is 5.32 Å². The van der Waals surface area contributed by atoms with Crippen molar-refractivity contribution in [1.82, 2.24) is 0 Å². The predicted octanol–water partition coefficient (Wildman–Crippen LogP) is 0.768. The molecule has 0 bridgehead atoms. The van der Waals surface area contributed by atoms with Crippen molar-refractivity contribution in [3.8, 4) is 0 Å². The summed E-state index contributed by atoms with van der Waals surface area (Å²) in [6.45, 7) is 0. The molecule has 1 heterocycles. The number of aliphatic carboxylic acids is 1. The quantitative estimate of drug-likeness (QED) is 0.724. The van der Waals surface area contributed by atoms with Gasteiger partial charge in [-0.1, -0.05) is 0 Å². The molecular formula is C13H15FN2O6S. The van der Waals surface area contributed by atoms with Crippen LogP contribution in [0.2, 0.25) is 0 Å². The van der Waals surface area contributed by atoms with Gasteiger partial charge >= 0.3 is 5.97 Å². The first-order valence-electron chi connectivity index (χ1n) is 6.62. The Morgan fingerprint density at radius 3 is 2.52 bits per heavy atom. The van der Waals surface area contributed by atoms with Crippen LogP contribution in [0.5, 0.6) is 0 Å². The molecule has 1 aliphatic rings. The van der Waals surface area contributed by atoms with Gasteiger partial charge in [-0.25, -0.2) is 17.6 Å². The highest BCUT2D eigenvalue weighted by molar-refractivity contribution is 7.92. The number of carboxylic acids is 1. The van der Waals surface area contributed by atoms with Crippen LogP contribution in [-0.4, -0.2) is 43.9 Å². The van der Waals surface area contributed by atoms with Crippen LogP contribution < -0.4 is 10.0 Å². The smallest absolute Gasteiger partial charge is 0.332 e. The zero-order chi connectivity index (χ0) is 17.2. The highest BCUT2D eigenvalue weighted by atomic mass is 32.2. The van der Waals surface area contributed by atoms with E-state index in [4.69, 9.17) is 9.84 Å². The van der Waals surface area contributed by atoms with Crippen LogP contribution in [0.1, 0.15) is 12.8 Å².